The molecule has 0 spiro atoms. The molecule has 5 nitrogen and oxygen atoms in total. The summed E-state index contributed by atoms with van der Waals surface area (Å²) in [6, 6.07) is 0. The highest BCUT2D eigenvalue weighted by atomic mass is 16.5. The maximum atomic E-state index is 6.07. The first-order chi connectivity index (χ1) is 12.0. The van der Waals surface area contributed by atoms with Gasteiger partial charge in [0.1, 0.15) is 0 Å². The average Bonchev–Trinajstić information content (AvgIpc) is 3.10. The van der Waals surface area contributed by atoms with Gasteiger partial charge >= 0.3 is 0 Å². The second-order valence-corrected chi connectivity index (χ2v) is 8.57. The zero-order valence-corrected chi connectivity index (χ0v) is 16.8. The van der Waals surface area contributed by atoms with E-state index in [9.17, 15) is 0 Å². The maximum absolute atomic E-state index is 6.07. The fourth-order valence-corrected chi connectivity index (χ4v) is 4.04. The van der Waals surface area contributed by atoms with Crippen LogP contribution in [0.3, 0.4) is 0 Å². The molecule has 2 aliphatic rings. The fraction of sp³-hybridized carbons (Fsp3) is 0.950. The third-order valence-electron chi connectivity index (χ3n) is 5.32. The van der Waals surface area contributed by atoms with Crippen LogP contribution in [-0.2, 0) is 9.47 Å². The van der Waals surface area contributed by atoms with Gasteiger partial charge in [-0.2, -0.15) is 0 Å². The van der Waals surface area contributed by atoms with Crippen molar-refractivity contribution in [2.75, 3.05) is 33.4 Å². The first-order valence-electron chi connectivity index (χ1n) is 10.2. The largest absolute Gasteiger partial charge is 0.378 e. The Kier molecular flexibility index (Phi) is 8.50. The number of nitrogens with zero attached hydrogens (tertiary/aromatic N) is 1. The van der Waals surface area contributed by atoms with Crippen LogP contribution in [0.4, 0.5) is 0 Å². The van der Waals surface area contributed by atoms with Crippen molar-refractivity contribution < 1.29 is 9.47 Å². The van der Waals surface area contributed by atoms with E-state index in [-0.39, 0.29) is 5.41 Å². The van der Waals surface area contributed by atoms with E-state index < -0.39 is 0 Å². The van der Waals surface area contributed by atoms with Crippen LogP contribution in [0, 0.1) is 11.3 Å². The van der Waals surface area contributed by atoms with Crippen molar-refractivity contribution in [1.82, 2.24) is 10.6 Å². The first-order valence-corrected chi connectivity index (χ1v) is 10.2. The number of hydrogen-bond donors (Lipinski definition) is 2. The van der Waals surface area contributed by atoms with Gasteiger partial charge in [0.2, 0.25) is 0 Å². The molecule has 1 saturated heterocycles. The van der Waals surface area contributed by atoms with Crippen LogP contribution in [0.5, 0.6) is 0 Å². The molecule has 2 rings (SSSR count). The van der Waals surface area contributed by atoms with E-state index >= 15 is 0 Å². The molecule has 0 bridgehead atoms. The Morgan fingerprint density at radius 3 is 2.56 bits per heavy atom. The summed E-state index contributed by atoms with van der Waals surface area (Å²) in [6.07, 6.45) is 9.38. The van der Waals surface area contributed by atoms with Crippen molar-refractivity contribution in [1.29, 1.82) is 0 Å². The second kappa shape index (κ2) is 10.4. The zero-order chi connectivity index (χ0) is 18.1. The SMILES string of the molecule is CN=C(NCCCOC1CCCC1)NCC1CCCOC1C(C)(C)C. The van der Waals surface area contributed by atoms with Gasteiger partial charge in [-0.15, -0.1) is 0 Å². The third-order valence-corrected chi connectivity index (χ3v) is 5.32. The summed E-state index contributed by atoms with van der Waals surface area (Å²) >= 11 is 0. The summed E-state index contributed by atoms with van der Waals surface area (Å²) in [5, 5.41) is 6.90. The van der Waals surface area contributed by atoms with Gasteiger partial charge in [-0.25, -0.2) is 0 Å². The van der Waals surface area contributed by atoms with Gasteiger partial charge in [-0.05, 0) is 37.5 Å². The summed E-state index contributed by atoms with van der Waals surface area (Å²) in [4.78, 5) is 4.35. The van der Waals surface area contributed by atoms with Gasteiger partial charge in [-0.3, -0.25) is 4.99 Å². The number of nitrogens with one attached hydrogen (secondary N) is 2. The van der Waals surface area contributed by atoms with Crippen LogP contribution in [0.15, 0.2) is 4.99 Å². The predicted octanol–water partition coefficient (Wildman–Crippen LogP) is 3.34. The molecule has 5 heteroatoms. The van der Waals surface area contributed by atoms with Crippen molar-refractivity contribution in [2.24, 2.45) is 16.3 Å². The molecule has 1 heterocycles. The van der Waals surface area contributed by atoms with E-state index in [1.165, 1.54) is 32.1 Å². The summed E-state index contributed by atoms with van der Waals surface area (Å²) < 4.78 is 12.0. The Bertz CT molecular complexity index is 400. The van der Waals surface area contributed by atoms with Gasteiger partial charge in [0, 0.05) is 39.3 Å². The lowest BCUT2D eigenvalue weighted by Crippen LogP contribution is -2.47. The van der Waals surface area contributed by atoms with Crippen LogP contribution in [0.1, 0.15) is 65.7 Å². The summed E-state index contributed by atoms with van der Waals surface area (Å²) in [5.41, 5.74) is 0.182. The number of guanidine groups is 1. The Labute approximate surface area is 154 Å². The molecule has 1 aliphatic heterocycles. The van der Waals surface area contributed by atoms with Gasteiger partial charge in [-0.1, -0.05) is 33.6 Å². The molecule has 0 aromatic rings. The highest BCUT2D eigenvalue weighted by Gasteiger charge is 2.35. The lowest BCUT2D eigenvalue weighted by atomic mass is 9.78. The van der Waals surface area contributed by atoms with Gasteiger partial charge in [0.15, 0.2) is 5.96 Å². The summed E-state index contributed by atoms with van der Waals surface area (Å²) in [5.74, 6) is 1.43. The minimum Gasteiger partial charge on any atom is -0.378 e. The first kappa shape index (κ1) is 20.5. The van der Waals surface area contributed by atoms with Crippen molar-refractivity contribution in [3.63, 3.8) is 0 Å². The highest BCUT2D eigenvalue weighted by molar-refractivity contribution is 5.79. The standard InChI is InChI=1S/C20H39N3O2/c1-20(2,3)18-16(9-7-13-25-18)15-23-19(21-4)22-12-8-14-24-17-10-5-6-11-17/h16-18H,5-15H2,1-4H3,(H2,21,22,23). The minimum absolute atomic E-state index is 0.182. The topological polar surface area (TPSA) is 54.9 Å². The van der Waals surface area contributed by atoms with Crippen molar-refractivity contribution in [3.05, 3.63) is 0 Å². The molecule has 0 aromatic carbocycles. The number of rotatable bonds is 7. The van der Waals surface area contributed by atoms with Crippen LogP contribution in [0.25, 0.3) is 0 Å². The molecule has 25 heavy (non-hydrogen) atoms. The lowest BCUT2D eigenvalue weighted by Gasteiger charge is -2.40. The molecule has 0 amide bonds. The van der Waals surface area contributed by atoms with E-state index in [0.29, 0.717) is 18.1 Å². The van der Waals surface area contributed by atoms with Crippen LogP contribution >= 0.6 is 0 Å². The average molecular weight is 354 g/mol. The summed E-state index contributed by atoms with van der Waals surface area (Å²) in [7, 11) is 1.84. The zero-order valence-electron chi connectivity index (χ0n) is 16.8. The van der Waals surface area contributed by atoms with Gasteiger partial charge in [0.25, 0.3) is 0 Å². The molecular weight excluding hydrogens is 314 g/mol. The fourth-order valence-electron chi connectivity index (χ4n) is 4.04. The Balaban J connectivity index is 1.63. The van der Waals surface area contributed by atoms with Crippen molar-refractivity contribution in [3.8, 4) is 0 Å². The quantitative estimate of drug-likeness (QED) is 0.419. The molecule has 0 radical (unpaired) electrons. The molecule has 0 aromatic heterocycles. The number of ether oxygens (including phenoxy) is 2. The normalized spacial score (nSPS) is 26.0. The molecule has 2 atom stereocenters. The van der Waals surface area contributed by atoms with E-state index in [1.54, 1.807) is 0 Å². The van der Waals surface area contributed by atoms with E-state index in [2.05, 4.69) is 36.4 Å². The van der Waals surface area contributed by atoms with Gasteiger partial charge in [0.05, 0.1) is 12.2 Å². The predicted molar refractivity (Wildman–Crippen MR) is 104 cm³/mol. The molecule has 2 N–H and O–H groups in total. The lowest BCUT2D eigenvalue weighted by molar-refractivity contribution is -0.0835. The smallest absolute Gasteiger partial charge is 0.190 e. The summed E-state index contributed by atoms with van der Waals surface area (Å²) in [6.45, 7) is 10.4. The van der Waals surface area contributed by atoms with E-state index in [0.717, 1.165) is 45.1 Å². The molecule has 146 valence electrons. The Hall–Kier alpha value is -0.810. The highest BCUT2D eigenvalue weighted by Crippen LogP contribution is 2.33. The molecule has 1 saturated carbocycles. The van der Waals surface area contributed by atoms with Crippen LogP contribution in [0.2, 0.25) is 0 Å². The van der Waals surface area contributed by atoms with Crippen LogP contribution in [-0.4, -0.2) is 51.5 Å². The van der Waals surface area contributed by atoms with Crippen molar-refractivity contribution in [2.45, 2.75) is 77.9 Å². The minimum atomic E-state index is 0.182. The van der Waals surface area contributed by atoms with Gasteiger partial charge < -0.3 is 20.1 Å². The molecule has 2 unspecified atom stereocenters. The van der Waals surface area contributed by atoms with E-state index in [1.807, 2.05) is 7.05 Å². The Morgan fingerprint density at radius 2 is 1.88 bits per heavy atom. The second-order valence-electron chi connectivity index (χ2n) is 8.57. The molecule has 2 fully saturated rings. The molecular formula is C20H39N3O2. The van der Waals surface area contributed by atoms with E-state index in [4.69, 9.17) is 9.47 Å². The number of aliphatic imine (C=N–C) groups is 1. The molecule has 1 aliphatic carbocycles. The third kappa shape index (κ3) is 7.14. The Morgan fingerprint density at radius 1 is 1.12 bits per heavy atom. The monoisotopic (exact) mass is 353 g/mol. The van der Waals surface area contributed by atoms with Crippen LogP contribution < -0.4 is 10.6 Å². The number of hydrogen-bond acceptors (Lipinski definition) is 3. The van der Waals surface area contributed by atoms with Crippen molar-refractivity contribution >= 4 is 5.96 Å². The maximum Gasteiger partial charge on any atom is 0.190 e.